The molecule has 0 saturated carbocycles. The van der Waals surface area contributed by atoms with E-state index in [2.05, 4.69) is 36.5 Å². The van der Waals surface area contributed by atoms with Gasteiger partial charge in [0, 0.05) is 13.1 Å². The molecule has 1 N–H and O–H groups in total. The van der Waals surface area contributed by atoms with Gasteiger partial charge in [-0.25, -0.2) is 4.79 Å². The molecule has 3 rings (SSSR count). The van der Waals surface area contributed by atoms with Crippen LogP contribution in [0.3, 0.4) is 0 Å². The molecule has 0 aromatic heterocycles. The number of methoxy groups -OCH3 is 1. The van der Waals surface area contributed by atoms with Crippen LogP contribution in [0.2, 0.25) is 0 Å². The molecule has 2 amide bonds. The fraction of sp³-hybridized carbons (Fsp3) is 0.350. The number of carbonyl (C=O) groups excluding carboxylic acids is 1. The first kappa shape index (κ1) is 16.4. The first-order valence-electron chi connectivity index (χ1n) is 8.42. The number of nitrogens with one attached hydrogen (secondary N) is 1. The zero-order chi connectivity index (χ0) is 16.9. The predicted octanol–water partition coefficient (Wildman–Crippen LogP) is 4.05. The molecule has 126 valence electrons. The highest BCUT2D eigenvalue weighted by atomic mass is 16.5. The molecule has 1 unspecified atom stereocenters. The van der Waals surface area contributed by atoms with Gasteiger partial charge in [0.05, 0.1) is 13.2 Å². The molecule has 0 radical (unpaired) electrons. The van der Waals surface area contributed by atoms with Crippen molar-refractivity contribution in [3.05, 3.63) is 65.2 Å². The number of carbonyl (C=O) groups is 1. The summed E-state index contributed by atoms with van der Waals surface area (Å²) in [5, 5.41) is 3.07. The second kappa shape index (κ2) is 7.39. The van der Waals surface area contributed by atoms with Crippen LogP contribution in [0.1, 0.15) is 35.6 Å². The van der Waals surface area contributed by atoms with Crippen LogP contribution in [0.25, 0.3) is 0 Å². The van der Waals surface area contributed by atoms with Crippen LogP contribution in [-0.2, 0) is 6.54 Å². The van der Waals surface area contributed by atoms with Gasteiger partial charge in [0.2, 0.25) is 0 Å². The van der Waals surface area contributed by atoms with Crippen LogP contribution in [0.4, 0.5) is 4.79 Å². The van der Waals surface area contributed by atoms with Crippen LogP contribution in [0, 0.1) is 6.92 Å². The molecule has 0 bridgehead atoms. The number of rotatable bonds is 4. The van der Waals surface area contributed by atoms with Crippen LogP contribution in [-0.4, -0.2) is 24.6 Å². The van der Waals surface area contributed by atoms with Crippen molar-refractivity contribution >= 4 is 6.03 Å². The minimum atomic E-state index is 0.0107. The fourth-order valence-electron chi connectivity index (χ4n) is 3.26. The summed E-state index contributed by atoms with van der Waals surface area (Å²) < 4.78 is 5.21. The number of amides is 2. The summed E-state index contributed by atoms with van der Waals surface area (Å²) in [6, 6.07) is 16.3. The van der Waals surface area contributed by atoms with Gasteiger partial charge < -0.3 is 15.0 Å². The summed E-state index contributed by atoms with van der Waals surface area (Å²) in [4.78, 5) is 14.6. The molecule has 1 fully saturated rings. The van der Waals surface area contributed by atoms with E-state index in [0.29, 0.717) is 6.54 Å². The van der Waals surface area contributed by atoms with Crippen molar-refractivity contribution in [1.29, 1.82) is 0 Å². The van der Waals surface area contributed by atoms with Gasteiger partial charge in [0.25, 0.3) is 0 Å². The van der Waals surface area contributed by atoms with Crippen molar-refractivity contribution in [2.24, 2.45) is 0 Å². The predicted molar refractivity (Wildman–Crippen MR) is 95.1 cm³/mol. The number of urea groups is 1. The number of hydrogen-bond acceptors (Lipinski definition) is 2. The Morgan fingerprint density at radius 3 is 2.67 bits per heavy atom. The zero-order valence-corrected chi connectivity index (χ0v) is 14.3. The Morgan fingerprint density at radius 2 is 1.96 bits per heavy atom. The van der Waals surface area contributed by atoms with Crippen molar-refractivity contribution < 1.29 is 9.53 Å². The Balaban J connectivity index is 1.66. The molecule has 0 aliphatic carbocycles. The topological polar surface area (TPSA) is 41.6 Å². The van der Waals surface area contributed by atoms with Crippen molar-refractivity contribution in [2.45, 2.75) is 32.4 Å². The van der Waals surface area contributed by atoms with E-state index in [1.54, 1.807) is 7.11 Å². The normalized spacial score (nSPS) is 16.9. The van der Waals surface area contributed by atoms with E-state index in [4.69, 9.17) is 4.74 Å². The van der Waals surface area contributed by atoms with Gasteiger partial charge >= 0.3 is 6.03 Å². The quantitative estimate of drug-likeness (QED) is 0.922. The standard InChI is InChI=1S/C20H24N2O2/c1-15-6-3-4-7-17(15)14-21-20(23)22-13-5-8-19(22)16-9-11-18(24-2)12-10-16/h3-4,6-7,9-12,19H,5,8,13-14H2,1-2H3,(H,21,23). The Bertz CT molecular complexity index is 697. The van der Waals surface area contributed by atoms with E-state index >= 15 is 0 Å². The average molecular weight is 324 g/mol. The molecule has 1 aliphatic rings. The largest absolute Gasteiger partial charge is 0.497 e. The second-order valence-electron chi connectivity index (χ2n) is 6.21. The van der Waals surface area contributed by atoms with Gasteiger partial charge in [-0.15, -0.1) is 0 Å². The average Bonchev–Trinajstić information content (AvgIpc) is 3.10. The number of benzene rings is 2. The minimum Gasteiger partial charge on any atom is -0.497 e. The van der Waals surface area contributed by atoms with Crippen LogP contribution in [0.15, 0.2) is 48.5 Å². The summed E-state index contributed by atoms with van der Waals surface area (Å²) in [5.41, 5.74) is 3.52. The molecule has 1 atom stereocenters. The van der Waals surface area contributed by atoms with Crippen molar-refractivity contribution in [3.8, 4) is 5.75 Å². The lowest BCUT2D eigenvalue weighted by molar-refractivity contribution is 0.192. The summed E-state index contributed by atoms with van der Waals surface area (Å²) in [5.74, 6) is 0.840. The highest BCUT2D eigenvalue weighted by Gasteiger charge is 2.29. The maximum atomic E-state index is 12.6. The Hall–Kier alpha value is -2.49. The number of likely N-dealkylation sites (tertiary alicyclic amines) is 1. The summed E-state index contributed by atoms with van der Waals surface area (Å²) in [7, 11) is 1.66. The molecule has 4 heteroatoms. The maximum Gasteiger partial charge on any atom is 0.318 e. The molecular formula is C20H24N2O2. The van der Waals surface area contributed by atoms with E-state index in [-0.39, 0.29) is 12.1 Å². The van der Waals surface area contributed by atoms with Crippen molar-refractivity contribution in [1.82, 2.24) is 10.2 Å². The SMILES string of the molecule is COc1ccc(C2CCCN2C(=O)NCc2ccccc2C)cc1. The summed E-state index contributed by atoms with van der Waals surface area (Å²) in [6.45, 7) is 3.44. The highest BCUT2D eigenvalue weighted by Crippen LogP contribution is 2.32. The van der Waals surface area contributed by atoms with Crippen molar-refractivity contribution in [3.63, 3.8) is 0 Å². The molecule has 4 nitrogen and oxygen atoms in total. The first-order chi connectivity index (χ1) is 11.7. The molecule has 1 aliphatic heterocycles. The van der Waals surface area contributed by atoms with Crippen LogP contribution in [0.5, 0.6) is 5.75 Å². The van der Waals surface area contributed by atoms with E-state index in [1.807, 2.05) is 29.2 Å². The highest BCUT2D eigenvalue weighted by molar-refractivity contribution is 5.75. The number of nitrogens with zero attached hydrogens (tertiary/aromatic N) is 1. The smallest absolute Gasteiger partial charge is 0.318 e. The van der Waals surface area contributed by atoms with E-state index in [9.17, 15) is 4.79 Å². The third-order valence-corrected chi connectivity index (χ3v) is 4.71. The Labute approximate surface area is 143 Å². The molecule has 1 saturated heterocycles. The molecular weight excluding hydrogens is 300 g/mol. The molecule has 2 aromatic rings. The van der Waals surface area contributed by atoms with Gasteiger partial charge in [0.15, 0.2) is 0 Å². The maximum absolute atomic E-state index is 12.6. The van der Waals surface area contributed by atoms with Crippen LogP contribution < -0.4 is 10.1 Å². The number of hydrogen-bond donors (Lipinski definition) is 1. The van der Waals surface area contributed by atoms with E-state index in [0.717, 1.165) is 30.7 Å². The number of aryl methyl sites for hydroxylation is 1. The lowest BCUT2D eigenvalue weighted by atomic mass is 10.0. The summed E-state index contributed by atoms with van der Waals surface area (Å²) in [6.07, 6.45) is 2.04. The van der Waals surface area contributed by atoms with Gasteiger partial charge in [-0.2, -0.15) is 0 Å². The Kier molecular flexibility index (Phi) is 5.04. The van der Waals surface area contributed by atoms with Gasteiger partial charge in [0.1, 0.15) is 5.75 Å². The molecule has 2 aromatic carbocycles. The number of ether oxygens (including phenoxy) is 1. The monoisotopic (exact) mass is 324 g/mol. The van der Waals surface area contributed by atoms with Gasteiger partial charge in [-0.1, -0.05) is 36.4 Å². The lowest BCUT2D eigenvalue weighted by Gasteiger charge is -2.25. The van der Waals surface area contributed by atoms with Gasteiger partial charge in [-0.3, -0.25) is 0 Å². The molecule has 0 spiro atoms. The minimum absolute atomic E-state index is 0.0107. The molecule has 24 heavy (non-hydrogen) atoms. The zero-order valence-electron chi connectivity index (χ0n) is 14.3. The van der Waals surface area contributed by atoms with E-state index in [1.165, 1.54) is 11.1 Å². The van der Waals surface area contributed by atoms with Crippen molar-refractivity contribution in [2.75, 3.05) is 13.7 Å². The van der Waals surface area contributed by atoms with Crippen LogP contribution >= 0.6 is 0 Å². The third-order valence-electron chi connectivity index (χ3n) is 4.71. The fourth-order valence-corrected chi connectivity index (χ4v) is 3.26. The molecule has 1 heterocycles. The van der Waals surface area contributed by atoms with E-state index < -0.39 is 0 Å². The first-order valence-corrected chi connectivity index (χ1v) is 8.42. The lowest BCUT2D eigenvalue weighted by Crippen LogP contribution is -2.39. The second-order valence-corrected chi connectivity index (χ2v) is 6.21. The van der Waals surface area contributed by atoms with Gasteiger partial charge in [-0.05, 0) is 48.6 Å². The summed E-state index contributed by atoms with van der Waals surface area (Å²) >= 11 is 0. The third kappa shape index (κ3) is 3.53. The Morgan fingerprint density at radius 1 is 1.21 bits per heavy atom.